The standard InChI is InChI=1S/C16H22N4O2S/c1-11(17-2)9-18-15(21)7-8-23-10-14-19-13-6-4-3-5-12(13)16(22)20-14/h3-6,11,17H,7-10H2,1-2H3,(H,18,21)(H,19,20,22). The lowest BCUT2D eigenvalue weighted by atomic mass is 10.2. The summed E-state index contributed by atoms with van der Waals surface area (Å²) in [6, 6.07) is 7.53. The molecule has 0 aliphatic rings. The number of para-hydroxylation sites is 1. The minimum Gasteiger partial charge on any atom is -0.355 e. The Balaban J connectivity index is 1.78. The number of hydrogen-bond acceptors (Lipinski definition) is 5. The van der Waals surface area contributed by atoms with Crippen LogP contribution < -0.4 is 16.2 Å². The molecule has 1 atom stereocenters. The fourth-order valence-electron chi connectivity index (χ4n) is 1.99. The zero-order chi connectivity index (χ0) is 16.7. The van der Waals surface area contributed by atoms with E-state index in [1.165, 1.54) is 0 Å². The molecule has 6 nitrogen and oxygen atoms in total. The van der Waals surface area contributed by atoms with E-state index in [1.807, 2.05) is 32.2 Å². The van der Waals surface area contributed by atoms with Gasteiger partial charge in [-0.3, -0.25) is 9.59 Å². The summed E-state index contributed by atoms with van der Waals surface area (Å²) in [7, 11) is 1.87. The number of likely N-dealkylation sites (N-methyl/N-ethyl adjacent to an activating group) is 1. The zero-order valence-electron chi connectivity index (χ0n) is 13.4. The number of nitrogens with zero attached hydrogens (tertiary/aromatic N) is 1. The number of carbonyl (C=O) groups excluding carboxylic acids is 1. The number of aromatic amines is 1. The van der Waals surface area contributed by atoms with Gasteiger partial charge in [-0.05, 0) is 26.1 Å². The number of rotatable bonds is 8. The van der Waals surface area contributed by atoms with E-state index in [-0.39, 0.29) is 17.5 Å². The second-order valence-electron chi connectivity index (χ2n) is 5.33. The number of aromatic nitrogens is 2. The van der Waals surface area contributed by atoms with Gasteiger partial charge in [0.25, 0.3) is 5.56 Å². The molecule has 1 heterocycles. The number of nitrogens with one attached hydrogen (secondary N) is 3. The molecule has 0 aliphatic carbocycles. The molecule has 124 valence electrons. The third kappa shape index (κ3) is 5.37. The predicted molar refractivity (Wildman–Crippen MR) is 94.7 cm³/mol. The lowest BCUT2D eigenvalue weighted by Crippen LogP contribution is -2.37. The van der Waals surface area contributed by atoms with Crippen molar-refractivity contribution in [3.8, 4) is 0 Å². The summed E-state index contributed by atoms with van der Waals surface area (Å²) < 4.78 is 0. The Hall–Kier alpha value is -1.86. The minimum atomic E-state index is -0.120. The molecular formula is C16H22N4O2S. The molecule has 0 fully saturated rings. The van der Waals surface area contributed by atoms with Gasteiger partial charge >= 0.3 is 0 Å². The van der Waals surface area contributed by atoms with Gasteiger partial charge in [-0.15, -0.1) is 0 Å². The highest BCUT2D eigenvalue weighted by Gasteiger charge is 2.06. The fraction of sp³-hybridized carbons (Fsp3) is 0.438. The number of amides is 1. The molecule has 0 saturated carbocycles. The molecular weight excluding hydrogens is 312 g/mol. The second kappa shape index (κ2) is 8.69. The number of hydrogen-bond donors (Lipinski definition) is 3. The minimum absolute atomic E-state index is 0.0413. The molecule has 0 aliphatic heterocycles. The van der Waals surface area contributed by atoms with Gasteiger partial charge in [0.05, 0.1) is 16.7 Å². The second-order valence-corrected chi connectivity index (χ2v) is 6.43. The largest absolute Gasteiger partial charge is 0.355 e. The van der Waals surface area contributed by atoms with Gasteiger partial charge in [-0.25, -0.2) is 4.98 Å². The Morgan fingerprint density at radius 2 is 2.17 bits per heavy atom. The van der Waals surface area contributed by atoms with E-state index >= 15 is 0 Å². The van der Waals surface area contributed by atoms with E-state index < -0.39 is 0 Å². The van der Waals surface area contributed by atoms with Crippen molar-refractivity contribution >= 4 is 28.6 Å². The maximum Gasteiger partial charge on any atom is 0.258 e. The predicted octanol–water partition coefficient (Wildman–Crippen LogP) is 1.27. The SMILES string of the molecule is CNC(C)CNC(=O)CCSCc1nc2ccccc2c(=O)[nH]1. The number of fused-ring (bicyclic) bond motifs is 1. The van der Waals surface area contributed by atoms with Crippen molar-refractivity contribution in [2.24, 2.45) is 0 Å². The molecule has 1 amide bonds. The van der Waals surface area contributed by atoms with Crippen LogP contribution in [0.1, 0.15) is 19.2 Å². The lowest BCUT2D eigenvalue weighted by molar-refractivity contribution is -0.120. The van der Waals surface area contributed by atoms with Crippen LogP contribution in [-0.2, 0) is 10.5 Å². The van der Waals surface area contributed by atoms with E-state index in [0.717, 1.165) is 0 Å². The van der Waals surface area contributed by atoms with Crippen LogP contribution >= 0.6 is 11.8 Å². The lowest BCUT2D eigenvalue weighted by Gasteiger charge is -2.11. The van der Waals surface area contributed by atoms with Crippen LogP contribution in [0.5, 0.6) is 0 Å². The Kier molecular flexibility index (Phi) is 6.61. The summed E-state index contributed by atoms with van der Waals surface area (Å²) in [6.45, 7) is 2.64. The number of benzene rings is 1. The Morgan fingerprint density at radius 1 is 1.39 bits per heavy atom. The van der Waals surface area contributed by atoms with E-state index in [0.29, 0.717) is 41.2 Å². The molecule has 0 bridgehead atoms. The highest BCUT2D eigenvalue weighted by molar-refractivity contribution is 7.98. The van der Waals surface area contributed by atoms with Crippen LogP contribution in [0.2, 0.25) is 0 Å². The molecule has 23 heavy (non-hydrogen) atoms. The van der Waals surface area contributed by atoms with Gasteiger partial charge in [-0.2, -0.15) is 11.8 Å². The molecule has 3 N–H and O–H groups in total. The Labute approximate surface area is 139 Å². The summed E-state index contributed by atoms with van der Waals surface area (Å²) in [5, 5.41) is 6.54. The van der Waals surface area contributed by atoms with E-state index in [2.05, 4.69) is 20.6 Å². The molecule has 0 spiro atoms. The van der Waals surface area contributed by atoms with Crippen molar-refractivity contribution in [1.82, 2.24) is 20.6 Å². The normalized spacial score (nSPS) is 12.3. The first-order chi connectivity index (χ1) is 11.1. The van der Waals surface area contributed by atoms with Crippen LogP contribution in [0.25, 0.3) is 10.9 Å². The monoisotopic (exact) mass is 334 g/mol. The number of carbonyl (C=O) groups is 1. The van der Waals surface area contributed by atoms with E-state index in [1.54, 1.807) is 17.8 Å². The molecule has 2 rings (SSSR count). The van der Waals surface area contributed by atoms with Crippen LogP contribution in [0.4, 0.5) is 0 Å². The van der Waals surface area contributed by atoms with Crippen LogP contribution in [0, 0.1) is 0 Å². The van der Waals surface area contributed by atoms with E-state index in [4.69, 9.17) is 0 Å². The van der Waals surface area contributed by atoms with Crippen LogP contribution in [0.15, 0.2) is 29.1 Å². The van der Waals surface area contributed by atoms with Gasteiger partial charge in [-0.1, -0.05) is 12.1 Å². The summed E-state index contributed by atoms with van der Waals surface area (Å²) >= 11 is 1.58. The van der Waals surface area contributed by atoms with Gasteiger partial charge in [0, 0.05) is 24.8 Å². The first-order valence-corrected chi connectivity index (χ1v) is 8.75. The van der Waals surface area contributed by atoms with Gasteiger partial charge in [0.2, 0.25) is 5.91 Å². The summed E-state index contributed by atoms with van der Waals surface area (Å²) in [5.41, 5.74) is 0.579. The molecule has 1 aromatic carbocycles. The maximum absolute atomic E-state index is 11.9. The number of H-pyrrole nitrogens is 1. The van der Waals surface area contributed by atoms with Gasteiger partial charge < -0.3 is 15.6 Å². The molecule has 7 heteroatoms. The Bertz CT molecular complexity index is 717. The fourth-order valence-corrected chi connectivity index (χ4v) is 2.80. The first kappa shape index (κ1) is 17.5. The highest BCUT2D eigenvalue weighted by atomic mass is 32.2. The molecule has 2 aromatic rings. The van der Waals surface area contributed by atoms with Gasteiger partial charge in [0.1, 0.15) is 5.82 Å². The summed E-state index contributed by atoms with van der Waals surface area (Å²) in [5.74, 6) is 1.96. The topological polar surface area (TPSA) is 86.9 Å². The van der Waals surface area contributed by atoms with Crippen molar-refractivity contribution in [1.29, 1.82) is 0 Å². The summed E-state index contributed by atoms with van der Waals surface area (Å²) in [4.78, 5) is 30.8. The molecule has 0 radical (unpaired) electrons. The average molecular weight is 334 g/mol. The van der Waals surface area contributed by atoms with Crippen LogP contribution in [-0.4, -0.2) is 41.3 Å². The molecule has 1 aromatic heterocycles. The van der Waals surface area contributed by atoms with Gasteiger partial charge in [0.15, 0.2) is 0 Å². The number of thioether (sulfide) groups is 1. The smallest absolute Gasteiger partial charge is 0.258 e. The first-order valence-electron chi connectivity index (χ1n) is 7.60. The highest BCUT2D eigenvalue weighted by Crippen LogP contribution is 2.11. The quantitative estimate of drug-likeness (QED) is 0.633. The van der Waals surface area contributed by atoms with Crippen LogP contribution in [0.3, 0.4) is 0 Å². The van der Waals surface area contributed by atoms with E-state index in [9.17, 15) is 9.59 Å². The van der Waals surface area contributed by atoms with Crippen molar-refractivity contribution in [3.05, 3.63) is 40.4 Å². The summed E-state index contributed by atoms with van der Waals surface area (Å²) in [6.07, 6.45) is 0.457. The van der Waals surface area contributed by atoms with Crippen molar-refractivity contribution in [2.75, 3.05) is 19.3 Å². The zero-order valence-corrected chi connectivity index (χ0v) is 14.2. The van der Waals surface area contributed by atoms with Crippen molar-refractivity contribution < 1.29 is 4.79 Å². The van der Waals surface area contributed by atoms with Crippen molar-refractivity contribution in [3.63, 3.8) is 0 Å². The Morgan fingerprint density at radius 3 is 2.96 bits per heavy atom. The third-order valence-electron chi connectivity index (χ3n) is 3.47. The van der Waals surface area contributed by atoms with Crippen molar-refractivity contribution in [2.45, 2.75) is 25.1 Å². The average Bonchev–Trinajstić information content (AvgIpc) is 2.56. The molecule has 1 unspecified atom stereocenters. The third-order valence-corrected chi connectivity index (χ3v) is 4.44. The molecule has 0 saturated heterocycles. The maximum atomic E-state index is 11.9.